The molecule has 0 bridgehead atoms. The molecule has 0 aliphatic heterocycles. The van der Waals surface area contributed by atoms with Crippen molar-refractivity contribution in [2.75, 3.05) is 0 Å². The summed E-state index contributed by atoms with van der Waals surface area (Å²) >= 11 is 0. The number of para-hydroxylation sites is 1. The second-order valence-corrected chi connectivity index (χ2v) is 4.96. The van der Waals surface area contributed by atoms with E-state index in [1.165, 1.54) is 0 Å². The van der Waals surface area contributed by atoms with E-state index in [-0.39, 0.29) is 25.9 Å². The minimum Gasteiger partial charge on any atom is -0.507 e. The van der Waals surface area contributed by atoms with Gasteiger partial charge in [0.1, 0.15) is 5.75 Å². The van der Waals surface area contributed by atoms with Crippen LogP contribution in [0.1, 0.15) is 0 Å². The van der Waals surface area contributed by atoms with E-state index < -0.39 is 0 Å². The van der Waals surface area contributed by atoms with E-state index in [0.29, 0.717) is 0 Å². The molecule has 4 aromatic rings. The molecular formula is C20H16IrN3O-. The van der Waals surface area contributed by atoms with Crippen LogP contribution in [-0.2, 0) is 20.1 Å². The van der Waals surface area contributed by atoms with E-state index in [9.17, 15) is 5.11 Å². The van der Waals surface area contributed by atoms with Gasteiger partial charge >= 0.3 is 0 Å². The van der Waals surface area contributed by atoms with Crippen LogP contribution in [0.25, 0.3) is 22.5 Å². The molecule has 0 spiro atoms. The fourth-order valence-electron chi connectivity index (χ4n) is 2.17. The van der Waals surface area contributed by atoms with E-state index in [1.807, 2.05) is 54.6 Å². The summed E-state index contributed by atoms with van der Waals surface area (Å²) in [5, 5.41) is 9.43. The molecular weight excluding hydrogens is 490 g/mol. The number of nitrogens with zero attached hydrogens (tertiary/aromatic N) is 2. The maximum absolute atomic E-state index is 9.43. The van der Waals surface area contributed by atoms with Gasteiger partial charge in [0.05, 0.1) is 12.0 Å². The van der Waals surface area contributed by atoms with Crippen molar-refractivity contribution in [3.05, 3.63) is 91.5 Å². The Labute approximate surface area is 160 Å². The van der Waals surface area contributed by atoms with Crippen LogP contribution < -0.4 is 0 Å². The van der Waals surface area contributed by atoms with Crippen LogP contribution in [-0.4, -0.2) is 20.1 Å². The molecule has 0 atom stereocenters. The van der Waals surface area contributed by atoms with Crippen LogP contribution >= 0.6 is 0 Å². The van der Waals surface area contributed by atoms with Gasteiger partial charge in [-0.25, -0.2) is 4.98 Å². The molecule has 0 fully saturated rings. The van der Waals surface area contributed by atoms with Crippen molar-refractivity contribution >= 4 is 0 Å². The fourth-order valence-corrected chi connectivity index (χ4v) is 2.17. The van der Waals surface area contributed by atoms with Gasteiger partial charge in [-0.05, 0) is 23.9 Å². The van der Waals surface area contributed by atoms with Crippen molar-refractivity contribution in [2.45, 2.75) is 0 Å². The molecule has 4 rings (SSSR count). The number of phenols is 1. The Hall–Kier alpha value is -2.75. The van der Waals surface area contributed by atoms with Crippen LogP contribution in [0.4, 0.5) is 0 Å². The molecule has 2 heterocycles. The summed E-state index contributed by atoms with van der Waals surface area (Å²) in [6.45, 7) is 0. The Morgan fingerprint density at radius 3 is 2.28 bits per heavy atom. The van der Waals surface area contributed by atoms with E-state index in [0.717, 1.165) is 22.5 Å². The number of H-pyrrole nitrogens is 1. The summed E-state index contributed by atoms with van der Waals surface area (Å²) in [5.74, 6) is 0.254. The van der Waals surface area contributed by atoms with Crippen LogP contribution in [0.15, 0.2) is 85.5 Å². The van der Waals surface area contributed by atoms with Gasteiger partial charge in [0.25, 0.3) is 0 Å². The van der Waals surface area contributed by atoms with E-state index in [2.05, 4.69) is 21.0 Å². The smallest absolute Gasteiger partial charge is 0.125 e. The molecule has 25 heavy (non-hydrogen) atoms. The minimum absolute atomic E-state index is 0. The van der Waals surface area contributed by atoms with E-state index in [4.69, 9.17) is 0 Å². The first-order chi connectivity index (χ1) is 11.8. The van der Waals surface area contributed by atoms with Gasteiger partial charge in [-0.15, -0.1) is 35.9 Å². The summed E-state index contributed by atoms with van der Waals surface area (Å²) in [7, 11) is 0. The number of aromatic amines is 1. The second-order valence-electron chi connectivity index (χ2n) is 4.96. The van der Waals surface area contributed by atoms with Gasteiger partial charge in [-0.3, -0.25) is 0 Å². The zero-order valence-corrected chi connectivity index (χ0v) is 15.7. The van der Waals surface area contributed by atoms with E-state index >= 15 is 0 Å². The Bertz CT molecular complexity index is 828. The third-order valence-corrected chi connectivity index (χ3v) is 3.33. The van der Waals surface area contributed by atoms with Crippen molar-refractivity contribution < 1.29 is 25.2 Å². The molecule has 0 aliphatic carbocycles. The van der Waals surface area contributed by atoms with Crippen molar-refractivity contribution in [1.82, 2.24) is 15.0 Å². The summed E-state index contributed by atoms with van der Waals surface area (Å²) in [6.07, 6.45) is 5.12. The summed E-state index contributed by atoms with van der Waals surface area (Å²) < 4.78 is 0. The minimum atomic E-state index is 0. The Morgan fingerprint density at radius 2 is 1.64 bits per heavy atom. The van der Waals surface area contributed by atoms with Gasteiger partial charge in [-0.2, -0.15) is 0 Å². The van der Waals surface area contributed by atoms with Crippen molar-refractivity contribution in [3.8, 4) is 28.3 Å². The SMILES string of the molecule is Oc1ccccc1-c1c[nH]cn1.[Ir].[c-]1ccccc1-c1ccccn1. The van der Waals surface area contributed by atoms with Gasteiger partial charge in [-0.1, -0.05) is 24.3 Å². The Kier molecular flexibility index (Phi) is 7.08. The number of imidazole rings is 1. The number of hydrogen-bond acceptors (Lipinski definition) is 3. The van der Waals surface area contributed by atoms with Crippen LogP contribution in [0.5, 0.6) is 5.75 Å². The summed E-state index contributed by atoms with van der Waals surface area (Å²) in [5.41, 5.74) is 3.52. The van der Waals surface area contributed by atoms with Crippen LogP contribution in [0.3, 0.4) is 0 Å². The first kappa shape index (κ1) is 18.6. The zero-order valence-electron chi connectivity index (χ0n) is 13.3. The van der Waals surface area contributed by atoms with Crippen molar-refractivity contribution in [3.63, 3.8) is 0 Å². The molecule has 1 radical (unpaired) electrons. The first-order valence-corrected chi connectivity index (χ1v) is 7.50. The molecule has 0 saturated heterocycles. The number of hydrogen-bond donors (Lipinski definition) is 2. The third-order valence-electron chi connectivity index (χ3n) is 3.33. The largest absolute Gasteiger partial charge is 0.507 e. The number of phenolic OH excluding ortho intramolecular Hbond substituents is 1. The fraction of sp³-hybridized carbons (Fsp3) is 0. The van der Waals surface area contributed by atoms with Gasteiger partial charge in [0.15, 0.2) is 0 Å². The van der Waals surface area contributed by atoms with E-state index in [1.54, 1.807) is 30.9 Å². The van der Waals surface area contributed by atoms with Gasteiger partial charge in [0, 0.05) is 38.1 Å². The molecule has 0 saturated carbocycles. The molecule has 5 heteroatoms. The third kappa shape index (κ3) is 5.11. The van der Waals surface area contributed by atoms with Gasteiger partial charge in [0.2, 0.25) is 0 Å². The molecule has 2 N–H and O–H groups in total. The molecule has 0 amide bonds. The molecule has 4 nitrogen and oxygen atoms in total. The van der Waals surface area contributed by atoms with Crippen LogP contribution in [0, 0.1) is 6.07 Å². The number of nitrogens with one attached hydrogen (secondary N) is 1. The molecule has 2 aromatic heterocycles. The topological polar surface area (TPSA) is 61.8 Å². The second kappa shape index (κ2) is 9.52. The number of benzene rings is 2. The predicted molar refractivity (Wildman–Crippen MR) is 94.2 cm³/mol. The summed E-state index contributed by atoms with van der Waals surface area (Å²) in [4.78, 5) is 11.1. The average molecular weight is 507 g/mol. The molecule has 127 valence electrons. The monoisotopic (exact) mass is 507 g/mol. The first-order valence-electron chi connectivity index (χ1n) is 7.50. The quantitative estimate of drug-likeness (QED) is 0.398. The Balaban J connectivity index is 0.000000173. The Morgan fingerprint density at radius 1 is 0.840 bits per heavy atom. The number of rotatable bonds is 2. The normalized spacial score (nSPS) is 9.44. The zero-order chi connectivity index (χ0) is 16.6. The predicted octanol–water partition coefficient (Wildman–Crippen LogP) is 4.33. The number of aromatic nitrogens is 3. The number of aromatic hydroxyl groups is 1. The maximum Gasteiger partial charge on any atom is 0.125 e. The molecule has 0 unspecified atom stereocenters. The molecule has 0 aliphatic rings. The standard InChI is InChI=1S/C11H8N.C9H8N2O.Ir/c1-2-6-10(7-3-1)11-8-4-5-9-12-11;12-9-4-2-1-3-7(9)8-5-10-6-11-8;/h1-6,8-9H;1-6,12H,(H,10,11);/q-1;;. The summed E-state index contributed by atoms with van der Waals surface area (Å²) in [6, 6.07) is 23.9. The average Bonchev–Trinajstić information content (AvgIpc) is 3.19. The maximum atomic E-state index is 9.43. The number of pyridine rings is 1. The molecule has 2 aromatic carbocycles. The van der Waals surface area contributed by atoms with Crippen molar-refractivity contribution in [1.29, 1.82) is 0 Å². The van der Waals surface area contributed by atoms with Crippen molar-refractivity contribution in [2.24, 2.45) is 0 Å². The van der Waals surface area contributed by atoms with Crippen LogP contribution in [0.2, 0.25) is 0 Å². The van der Waals surface area contributed by atoms with Gasteiger partial charge < -0.3 is 15.1 Å².